The second-order valence-electron chi connectivity index (χ2n) is 7.07. The molecule has 0 radical (unpaired) electrons. The van der Waals surface area contributed by atoms with Crippen molar-refractivity contribution < 1.29 is 9.59 Å². The van der Waals surface area contributed by atoms with E-state index in [0.29, 0.717) is 6.54 Å². The molecular weight excluding hydrogens is 387 g/mol. The number of nitrogens with zero attached hydrogens (tertiary/aromatic N) is 1. The van der Waals surface area contributed by atoms with Crippen molar-refractivity contribution in [2.24, 2.45) is 11.7 Å². The number of carbonyl (C=O) groups excluding carboxylic acids is 2. The van der Waals surface area contributed by atoms with Crippen molar-refractivity contribution in [1.82, 2.24) is 15.5 Å². The lowest BCUT2D eigenvalue weighted by Crippen LogP contribution is -2.47. The van der Waals surface area contributed by atoms with Crippen LogP contribution in [0.25, 0.3) is 0 Å². The molecular formula is C19H32Cl2N4O2. The van der Waals surface area contributed by atoms with Crippen LogP contribution < -0.4 is 16.4 Å². The summed E-state index contributed by atoms with van der Waals surface area (Å²) < 4.78 is 0. The molecule has 1 aliphatic rings. The number of benzene rings is 1. The zero-order valence-electron chi connectivity index (χ0n) is 16.1. The molecule has 1 aliphatic heterocycles. The fourth-order valence-electron chi connectivity index (χ4n) is 2.89. The van der Waals surface area contributed by atoms with Gasteiger partial charge in [-0.2, -0.15) is 0 Å². The van der Waals surface area contributed by atoms with Gasteiger partial charge in [0, 0.05) is 13.1 Å². The third-order valence-electron chi connectivity index (χ3n) is 4.53. The van der Waals surface area contributed by atoms with Crippen molar-refractivity contribution in [3.63, 3.8) is 0 Å². The highest BCUT2D eigenvalue weighted by Crippen LogP contribution is 2.13. The van der Waals surface area contributed by atoms with Crippen LogP contribution >= 0.6 is 24.8 Å². The number of likely N-dealkylation sites (tertiary alicyclic amines) is 1. The number of amides is 2. The second kappa shape index (κ2) is 12.9. The van der Waals surface area contributed by atoms with Gasteiger partial charge in [0.25, 0.3) is 0 Å². The highest BCUT2D eigenvalue weighted by molar-refractivity contribution is 5.87. The monoisotopic (exact) mass is 418 g/mol. The Morgan fingerprint density at radius 2 is 1.74 bits per heavy atom. The van der Waals surface area contributed by atoms with Crippen LogP contribution in [0.5, 0.6) is 0 Å². The first-order chi connectivity index (χ1) is 12.0. The number of hydrogen-bond acceptors (Lipinski definition) is 4. The van der Waals surface area contributed by atoms with Crippen LogP contribution in [0.15, 0.2) is 24.3 Å². The minimum Gasteiger partial charge on any atom is -0.350 e. The minimum atomic E-state index is -0.588. The molecule has 1 aromatic rings. The quantitative estimate of drug-likeness (QED) is 0.600. The maximum atomic E-state index is 11.9. The summed E-state index contributed by atoms with van der Waals surface area (Å²) in [6, 6.07) is 7.69. The van der Waals surface area contributed by atoms with E-state index in [-0.39, 0.29) is 49.1 Å². The summed E-state index contributed by atoms with van der Waals surface area (Å²) in [4.78, 5) is 26.1. The highest BCUT2D eigenvalue weighted by atomic mass is 35.5. The number of halogens is 2. The largest absolute Gasteiger partial charge is 0.350 e. The van der Waals surface area contributed by atoms with Crippen LogP contribution in [-0.2, 0) is 22.7 Å². The van der Waals surface area contributed by atoms with Gasteiger partial charge in [0.15, 0.2) is 0 Å². The Bertz CT molecular complexity index is 593. The van der Waals surface area contributed by atoms with Crippen LogP contribution in [0.1, 0.15) is 37.8 Å². The Kier molecular flexibility index (Phi) is 12.3. The summed E-state index contributed by atoms with van der Waals surface area (Å²) in [6.45, 7) is 7.45. The smallest absolute Gasteiger partial charge is 0.239 e. The fraction of sp³-hybridized carbons (Fsp3) is 0.579. The van der Waals surface area contributed by atoms with Gasteiger partial charge in [-0.15, -0.1) is 24.8 Å². The minimum absolute atomic E-state index is 0. The molecule has 1 heterocycles. The van der Waals surface area contributed by atoms with Crippen LogP contribution in [0.2, 0.25) is 0 Å². The first-order valence-corrected chi connectivity index (χ1v) is 9.06. The van der Waals surface area contributed by atoms with Crippen molar-refractivity contribution in [2.75, 3.05) is 19.6 Å². The van der Waals surface area contributed by atoms with E-state index in [0.717, 1.165) is 12.1 Å². The van der Waals surface area contributed by atoms with Gasteiger partial charge < -0.3 is 16.4 Å². The number of rotatable bonds is 8. The molecule has 0 saturated carbocycles. The Morgan fingerprint density at radius 1 is 1.11 bits per heavy atom. The lowest BCUT2D eigenvalue weighted by Gasteiger charge is -2.16. The van der Waals surface area contributed by atoms with Gasteiger partial charge in [-0.25, -0.2) is 0 Å². The fourth-order valence-corrected chi connectivity index (χ4v) is 2.89. The summed E-state index contributed by atoms with van der Waals surface area (Å²) in [6.07, 6.45) is 2.56. The molecule has 1 aromatic carbocycles. The van der Waals surface area contributed by atoms with Crippen LogP contribution in [-0.4, -0.2) is 42.4 Å². The van der Waals surface area contributed by atoms with Crippen molar-refractivity contribution in [3.8, 4) is 0 Å². The van der Waals surface area contributed by atoms with Crippen LogP contribution in [0, 0.1) is 5.92 Å². The summed E-state index contributed by atoms with van der Waals surface area (Å²) in [7, 11) is 0. The molecule has 27 heavy (non-hydrogen) atoms. The van der Waals surface area contributed by atoms with E-state index < -0.39 is 6.04 Å². The van der Waals surface area contributed by atoms with Gasteiger partial charge in [0.1, 0.15) is 0 Å². The summed E-state index contributed by atoms with van der Waals surface area (Å²) >= 11 is 0. The van der Waals surface area contributed by atoms with Gasteiger partial charge >= 0.3 is 0 Å². The van der Waals surface area contributed by atoms with Crippen molar-refractivity contribution in [2.45, 2.75) is 45.8 Å². The van der Waals surface area contributed by atoms with E-state index in [9.17, 15) is 9.59 Å². The molecule has 0 aromatic heterocycles. The Labute approximate surface area is 174 Å². The Hall–Kier alpha value is -1.34. The standard InChI is InChI=1S/C19H30N4O2.2ClH/c1-14(2)18(20)19(25)22-12-17(24)21-11-15-6-5-7-16(10-15)13-23-8-3-4-9-23;;/h5-7,10,14,18H,3-4,8-9,11-13,20H2,1-2H3,(H,21,24)(H,22,25);2*1H/t18-;;/m0../s1. The molecule has 0 unspecified atom stereocenters. The first-order valence-electron chi connectivity index (χ1n) is 9.06. The molecule has 0 bridgehead atoms. The predicted octanol–water partition coefficient (Wildman–Crippen LogP) is 1.84. The number of hydrogen-bond donors (Lipinski definition) is 3. The molecule has 2 amide bonds. The van der Waals surface area contributed by atoms with E-state index >= 15 is 0 Å². The normalized spacial score (nSPS) is 14.8. The average Bonchev–Trinajstić information content (AvgIpc) is 3.10. The van der Waals surface area contributed by atoms with Crippen molar-refractivity contribution in [1.29, 1.82) is 0 Å². The van der Waals surface area contributed by atoms with Crippen molar-refractivity contribution >= 4 is 36.6 Å². The number of nitrogens with two attached hydrogens (primary N) is 1. The summed E-state index contributed by atoms with van der Waals surface area (Å²) in [5.74, 6) is -0.464. The lowest BCUT2D eigenvalue weighted by molar-refractivity contribution is -0.127. The predicted molar refractivity (Wildman–Crippen MR) is 113 cm³/mol. The van der Waals surface area contributed by atoms with Gasteiger partial charge in [-0.3, -0.25) is 14.5 Å². The molecule has 6 nitrogen and oxygen atoms in total. The zero-order chi connectivity index (χ0) is 18.2. The molecule has 0 aliphatic carbocycles. The number of nitrogens with one attached hydrogen (secondary N) is 2. The van der Waals surface area contributed by atoms with Gasteiger partial charge in [-0.1, -0.05) is 38.1 Å². The first kappa shape index (κ1) is 25.7. The van der Waals surface area contributed by atoms with E-state index in [1.165, 1.54) is 31.5 Å². The van der Waals surface area contributed by atoms with Crippen LogP contribution in [0.3, 0.4) is 0 Å². The molecule has 1 saturated heterocycles. The topological polar surface area (TPSA) is 87.5 Å². The molecule has 4 N–H and O–H groups in total. The average molecular weight is 419 g/mol. The number of carbonyl (C=O) groups is 2. The molecule has 0 spiro atoms. The molecule has 154 valence electrons. The molecule has 8 heteroatoms. The van der Waals surface area contributed by atoms with Gasteiger partial charge in [-0.05, 0) is 43.0 Å². The molecule has 1 fully saturated rings. The third kappa shape index (κ3) is 8.93. The maximum Gasteiger partial charge on any atom is 0.239 e. The van der Waals surface area contributed by atoms with E-state index in [1.807, 2.05) is 26.0 Å². The van der Waals surface area contributed by atoms with Gasteiger partial charge in [0.2, 0.25) is 11.8 Å². The van der Waals surface area contributed by atoms with Crippen LogP contribution in [0.4, 0.5) is 0 Å². The van der Waals surface area contributed by atoms with E-state index in [4.69, 9.17) is 5.73 Å². The molecule has 1 atom stereocenters. The van der Waals surface area contributed by atoms with E-state index in [2.05, 4.69) is 27.7 Å². The molecule has 2 rings (SSSR count). The summed E-state index contributed by atoms with van der Waals surface area (Å²) in [5, 5.41) is 5.41. The highest BCUT2D eigenvalue weighted by Gasteiger charge is 2.17. The lowest BCUT2D eigenvalue weighted by atomic mass is 10.1. The SMILES string of the molecule is CC(C)[C@H](N)C(=O)NCC(=O)NCc1cccc(CN2CCCC2)c1.Cl.Cl. The van der Waals surface area contributed by atoms with E-state index in [1.54, 1.807) is 0 Å². The zero-order valence-corrected chi connectivity index (χ0v) is 17.7. The Balaban J connectivity index is 0.00000338. The van der Waals surface area contributed by atoms with Gasteiger partial charge in [0.05, 0.1) is 12.6 Å². The third-order valence-corrected chi connectivity index (χ3v) is 4.53. The second-order valence-corrected chi connectivity index (χ2v) is 7.07. The Morgan fingerprint density at radius 3 is 2.37 bits per heavy atom. The van der Waals surface area contributed by atoms with Crippen molar-refractivity contribution in [3.05, 3.63) is 35.4 Å². The summed E-state index contributed by atoms with van der Waals surface area (Å²) in [5.41, 5.74) is 8.08. The maximum absolute atomic E-state index is 11.9.